The van der Waals surface area contributed by atoms with E-state index in [0.717, 1.165) is 27.8 Å². The highest BCUT2D eigenvalue weighted by Gasteiger charge is 2.22. The maximum Gasteiger partial charge on any atom is 0.323 e. The quantitative estimate of drug-likeness (QED) is 0.258. The van der Waals surface area contributed by atoms with E-state index in [1.807, 2.05) is 93.6 Å². The summed E-state index contributed by atoms with van der Waals surface area (Å²) in [6.07, 6.45) is 1.30. The molecule has 6 heteroatoms. The molecule has 0 unspecified atom stereocenters. The molecular weight excluding hydrogens is 438 g/mol. The van der Waals surface area contributed by atoms with Crippen molar-refractivity contribution in [2.24, 2.45) is 0 Å². The Kier molecular flexibility index (Phi) is 7.73. The zero-order chi connectivity index (χ0) is 24.6. The number of rotatable bonds is 10. The van der Waals surface area contributed by atoms with Gasteiger partial charge in [0.25, 0.3) is 0 Å². The summed E-state index contributed by atoms with van der Waals surface area (Å²) in [5.74, 6) is 1.43. The van der Waals surface area contributed by atoms with E-state index in [1.54, 1.807) is 6.07 Å². The number of nitrogens with zero attached hydrogens (tertiary/aromatic N) is 2. The van der Waals surface area contributed by atoms with E-state index in [4.69, 9.17) is 19.6 Å². The van der Waals surface area contributed by atoms with Gasteiger partial charge in [0.05, 0.1) is 5.56 Å². The number of hydrogen-bond donors (Lipinski definition) is 1. The lowest BCUT2D eigenvalue weighted by atomic mass is 10.1. The van der Waals surface area contributed by atoms with Crippen molar-refractivity contribution in [1.82, 2.24) is 9.97 Å². The molecule has 6 nitrogen and oxygen atoms in total. The third kappa shape index (κ3) is 6.44. The van der Waals surface area contributed by atoms with Crippen LogP contribution in [0.2, 0.25) is 0 Å². The number of ether oxygens (including phenoxy) is 3. The van der Waals surface area contributed by atoms with E-state index in [0.29, 0.717) is 30.7 Å². The van der Waals surface area contributed by atoms with Crippen LogP contribution in [0.4, 0.5) is 0 Å². The van der Waals surface area contributed by atoms with Crippen LogP contribution in [0.1, 0.15) is 47.6 Å². The van der Waals surface area contributed by atoms with Gasteiger partial charge in [-0.3, -0.25) is 0 Å². The number of aromatic nitrogens is 2. The summed E-state index contributed by atoms with van der Waals surface area (Å²) < 4.78 is 18.4. The van der Waals surface area contributed by atoms with Crippen LogP contribution in [0.5, 0.6) is 23.5 Å². The summed E-state index contributed by atoms with van der Waals surface area (Å²) >= 11 is 0. The monoisotopic (exact) mass is 467 g/mol. The van der Waals surface area contributed by atoms with Gasteiger partial charge in [0.2, 0.25) is 11.8 Å². The molecule has 0 aliphatic carbocycles. The van der Waals surface area contributed by atoms with Crippen molar-refractivity contribution in [2.75, 3.05) is 0 Å². The first kappa shape index (κ1) is 24.0. The summed E-state index contributed by atoms with van der Waals surface area (Å²) in [5, 5.41) is 7.62. The van der Waals surface area contributed by atoms with Crippen molar-refractivity contribution >= 4 is 6.21 Å². The summed E-state index contributed by atoms with van der Waals surface area (Å²) in [5.41, 5.74) is 4.53. The molecule has 1 aromatic heterocycles. The summed E-state index contributed by atoms with van der Waals surface area (Å²) in [6.45, 7) is 6.74. The molecule has 0 bridgehead atoms. The van der Waals surface area contributed by atoms with E-state index >= 15 is 0 Å². The molecule has 0 radical (unpaired) electrons. The molecule has 0 aliphatic heterocycles. The fourth-order valence-electron chi connectivity index (χ4n) is 3.64. The molecule has 0 fully saturated rings. The van der Waals surface area contributed by atoms with Crippen LogP contribution in [0, 0.1) is 12.3 Å². The smallest absolute Gasteiger partial charge is 0.323 e. The average Bonchev–Trinajstić information content (AvgIpc) is 2.86. The Balaban J connectivity index is 1.70. The molecule has 4 rings (SSSR count). The van der Waals surface area contributed by atoms with Gasteiger partial charge in [-0.25, -0.2) is 0 Å². The van der Waals surface area contributed by atoms with Gasteiger partial charge in [-0.15, -0.1) is 0 Å². The van der Waals surface area contributed by atoms with E-state index < -0.39 is 0 Å². The van der Waals surface area contributed by atoms with E-state index in [-0.39, 0.29) is 11.9 Å². The Bertz CT molecular complexity index is 1280. The minimum atomic E-state index is 0.0333. The molecule has 0 saturated carbocycles. The average molecular weight is 468 g/mol. The van der Waals surface area contributed by atoms with Gasteiger partial charge in [-0.1, -0.05) is 80.6 Å². The molecule has 178 valence electrons. The Morgan fingerprint density at radius 1 is 0.800 bits per heavy atom. The van der Waals surface area contributed by atoms with E-state index in [9.17, 15) is 0 Å². The van der Waals surface area contributed by atoms with Crippen LogP contribution in [-0.4, -0.2) is 16.2 Å². The maximum absolute atomic E-state index is 7.62. The normalized spacial score (nSPS) is 10.7. The van der Waals surface area contributed by atoms with Crippen LogP contribution in [0.25, 0.3) is 0 Å². The first-order chi connectivity index (χ1) is 17.0. The molecular formula is C29H29N3O3. The molecule has 0 saturated heterocycles. The van der Waals surface area contributed by atoms with Gasteiger partial charge in [-0.05, 0) is 47.2 Å². The van der Waals surface area contributed by atoms with Crippen molar-refractivity contribution in [3.63, 3.8) is 0 Å². The Morgan fingerprint density at radius 2 is 1.40 bits per heavy atom. The van der Waals surface area contributed by atoms with Crippen LogP contribution in [-0.2, 0) is 13.2 Å². The first-order valence-corrected chi connectivity index (χ1v) is 11.6. The minimum absolute atomic E-state index is 0.0333. The number of aryl methyl sites for hydroxylation is 1. The number of benzene rings is 3. The van der Waals surface area contributed by atoms with Gasteiger partial charge in [0, 0.05) is 6.21 Å². The van der Waals surface area contributed by atoms with Crippen LogP contribution >= 0.6 is 0 Å². The van der Waals surface area contributed by atoms with Crippen LogP contribution < -0.4 is 14.2 Å². The second-order valence-electron chi connectivity index (χ2n) is 8.56. The molecule has 0 atom stereocenters. The van der Waals surface area contributed by atoms with Gasteiger partial charge < -0.3 is 19.6 Å². The van der Waals surface area contributed by atoms with Crippen LogP contribution in [0.3, 0.4) is 0 Å². The lowest BCUT2D eigenvalue weighted by Gasteiger charge is -2.18. The summed E-state index contributed by atoms with van der Waals surface area (Å²) in [6, 6.07) is 25.6. The Morgan fingerprint density at radius 3 is 2.00 bits per heavy atom. The topological polar surface area (TPSA) is 77.3 Å². The fraction of sp³-hybridized carbons (Fsp3) is 0.207. The lowest BCUT2D eigenvalue weighted by molar-refractivity contribution is 0.249. The Labute approximate surface area is 206 Å². The van der Waals surface area contributed by atoms with Gasteiger partial charge in [0.1, 0.15) is 19.0 Å². The molecule has 0 spiro atoms. The van der Waals surface area contributed by atoms with E-state index in [2.05, 4.69) is 9.97 Å². The van der Waals surface area contributed by atoms with Crippen molar-refractivity contribution in [2.45, 2.75) is 39.9 Å². The van der Waals surface area contributed by atoms with Gasteiger partial charge in [0.15, 0.2) is 0 Å². The SMILES string of the molecule is Cc1cc(C=N)cc(Oc2nc(OCc3ccccc3)nc(OCc3ccccc3)c2C(C)C)c1. The fourth-order valence-corrected chi connectivity index (χ4v) is 3.64. The second-order valence-corrected chi connectivity index (χ2v) is 8.56. The van der Waals surface area contributed by atoms with Gasteiger partial charge >= 0.3 is 6.01 Å². The minimum Gasteiger partial charge on any atom is -0.472 e. The molecule has 4 aromatic rings. The zero-order valence-corrected chi connectivity index (χ0v) is 20.2. The highest BCUT2D eigenvalue weighted by Crippen LogP contribution is 2.37. The molecule has 0 amide bonds. The molecule has 35 heavy (non-hydrogen) atoms. The standard InChI is InChI=1S/C29H29N3O3/c1-20(2)26-27(33-18-22-10-6-4-7-11-22)31-29(34-19-23-12-8-5-9-13-23)32-28(26)35-25-15-21(3)14-24(16-25)17-30/h4-17,20,30H,18-19H2,1-3H3. The van der Waals surface area contributed by atoms with Crippen molar-refractivity contribution in [3.8, 4) is 23.5 Å². The maximum atomic E-state index is 7.62. The zero-order valence-electron chi connectivity index (χ0n) is 20.2. The van der Waals surface area contributed by atoms with Gasteiger partial charge in [-0.2, -0.15) is 9.97 Å². The van der Waals surface area contributed by atoms with Crippen molar-refractivity contribution < 1.29 is 14.2 Å². The second kappa shape index (κ2) is 11.3. The molecule has 1 N–H and O–H groups in total. The summed E-state index contributed by atoms with van der Waals surface area (Å²) in [7, 11) is 0. The lowest BCUT2D eigenvalue weighted by Crippen LogP contribution is -2.09. The van der Waals surface area contributed by atoms with Crippen molar-refractivity contribution in [1.29, 1.82) is 5.41 Å². The Hall–Kier alpha value is -4.19. The number of nitrogens with one attached hydrogen (secondary N) is 1. The predicted octanol–water partition coefficient (Wildman–Crippen LogP) is 6.86. The third-order valence-electron chi connectivity index (χ3n) is 5.32. The predicted molar refractivity (Wildman–Crippen MR) is 137 cm³/mol. The van der Waals surface area contributed by atoms with E-state index in [1.165, 1.54) is 6.21 Å². The van der Waals surface area contributed by atoms with Crippen LogP contribution in [0.15, 0.2) is 78.9 Å². The van der Waals surface area contributed by atoms with Crippen molar-refractivity contribution in [3.05, 3.63) is 107 Å². The highest BCUT2D eigenvalue weighted by atomic mass is 16.5. The molecule has 0 aliphatic rings. The largest absolute Gasteiger partial charge is 0.472 e. The number of hydrogen-bond acceptors (Lipinski definition) is 6. The molecule has 3 aromatic carbocycles. The highest BCUT2D eigenvalue weighted by molar-refractivity contribution is 5.78. The first-order valence-electron chi connectivity index (χ1n) is 11.6. The molecule has 1 heterocycles. The third-order valence-corrected chi connectivity index (χ3v) is 5.32. The summed E-state index contributed by atoms with van der Waals surface area (Å²) in [4.78, 5) is 9.22.